The standard InChI is InChI=1S/C21H23N3O4/c1-14(20(26)24-21(27)23-17-9-2-3-10-17)28-18(25)12-11-16-7-4-6-15-8-5-13-22-19(15)16/h4-8,11-14,17H,2-3,9-10H2,1H3,(H2,23,24,26,27)/b12-11+. The van der Waals surface area contributed by atoms with Gasteiger partial charge in [-0.1, -0.05) is 37.1 Å². The smallest absolute Gasteiger partial charge is 0.331 e. The zero-order valence-corrected chi connectivity index (χ0v) is 15.7. The molecule has 146 valence electrons. The zero-order valence-electron chi connectivity index (χ0n) is 15.7. The summed E-state index contributed by atoms with van der Waals surface area (Å²) in [7, 11) is 0. The number of para-hydroxylation sites is 1. The van der Waals surface area contributed by atoms with Crippen LogP contribution in [0.15, 0.2) is 42.6 Å². The Morgan fingerprint density at radius 1 is 1.18 bits per heavy atom. The van der Waals surface area contributed by atoms with Gasteiger partial charge in [0.05, 0.1) is 5.52 Å². The van der Waals surface area contributed by atoms with Crippen molar-refractivity contribution in [3.8, 4) is 0 Å². The van der Waals surface area contributed by atoms with Gasteiger partial charge in [-0.15, -0.1) is 0 Å². The minimum absolute atomic E-state index is 0.0999. The van der Waals surface area contributed by atoms with E-state index in [2.05, 4.69) is 15.6 Å². The van der Waals surface area contributed by atoms with Crippen LogP contribution in [0.1, 0.15) is 38.2 Å². The Labute approximate surface area is 163 Å². The molecule has 1 aliphatic rings. The molecule has 1 aromatic carbocycles. The molecule has 28 heavy (non-hydrogen) atoms. The van der Waals surface area contributed by atoms with Crippen molar-refractivity contribution in [1.82, 2.24) is 15.6 Å². The topological polar surface area (TPSA) is 97.4 Å². The highest BCUT2D eigenvalue weighted by molar-refractivity contribution is 5.98. The molecule has 0 bridgehead atoms. The zero-order chi connectivity index (χ0) is 19.9. The molecule has 0 radical (unpaired) electrons. The van der Waals surface area contributed by atoms with Crippen LogP contribution in [-0.4, -0.2) is 35.0 Å². The lowest BCUT2D eigenvalue weighted by atomic mass is 10.1. The average Bonchev–Trinajstić information content (AvgIpc) is 3.19. The van der Waals surface area contributed by atoms with Crippen molar-refractivity contribution in [2.75, 3.05) is 0 Å². The monoisotopic (exact) mass is 381 g/mol. The van der Waals surface area contributed by atoms with Crippen molar-refractivity contribution >= 4 is 34.9 Å². The van der Waals surface area contributed by atoms with Crippen molar-refractivity contribution in [2.45, 2.75) is 44.8 Å². The summed E-state index contributed by atoms with van der Waals surface area (Å²) >= 11 is 0. The molecule has 1 aromatic heterocycles. The van der Waals surface area contributed by atoms with Crippen LogP contribution in [0.25, 0.3) is 17.0 Å². The summed E-state index contributed by atoms with van der Waals surface area (Å²) in [6, 6.07) is 8.95. The quantitative estimate of drug-likeness (QED) is 0.613. The Kier molecular flexibility index (Phi) is 6.37. The number of ether oxygens (including phenoxy) is 1. The Balaban J connectivity index is 1.52. The molecule has 0 saturated heterocycles. The summed E-state index contributed by atoms with van der Waals surface area (Å²) in [4.78, 5) is 40.2. The number of pyridine rings is 1. The number of nitrogens with zero attached hydrogens (tertiary/aromatic N) is 1. The fourth-order valence-corrected chi connectivity index (χ4v) is 3.19. The molecule has 3 amide bonds. The second-order valence-electron chi connectivity index (χ2n) is 6.78. The molecular weight excluding hydrogens is 358 g/mol. The molecule has 2 aromatic rings. The maximum Gasteiger partial charge on any atom is 0.331 e. The van der Waals surface area contributed by atoms with Crippen molar-refractivity contribution in [1.29, 1.82) is 0 Å². The molecule has 1 saturated carbocycles. The molecule has 1 atom stereocenters. The van der Waals surface area contributed by atoms with E-state index in [0.717, 1.165) is 42.1 Å². The minimum Gasteiger partial charge on any atom is -0.449 e. The van der Waals surface area contributed by atoms with Gasteiger partial charge >= 0.3 is 12.0 Å². The largest absolute Gasteiger partial charge is 0.449 e. The second kappa shape index (κ2) is 9.12. The van der Waals surface area contributed by atoms with Crippen molar-refractivity contribution in [3.63, 3.8) is 0 Å². The van der Waals surface area contributed by atoms with Crippen LogP contribution >= 0.6 is 0 Å². The van der Waals surface area contributed by atoms with Crippen molar-refractivity contribution < 1.29 is 19.1 Å². The SMILES string of the molecule is CC(OC(=O)/C=C/c1cccc2cccnc12)C(=O)NC(=O)NC1CCCC1. The van der Waals surface area contributed by atoms with E-state index in [1.54, 1.807) is 12.3 Å². The Morgan fingerprint density at radius 3 is 2.71 bits per heavy atom. The maximum absolute atomic E-state index is 12.0. The lowest BCUT2D eigenvalue weighted by Gasteiger charge is -2.15. The van der Waals surface area contributed by atoms with Crippen LogP contribution in [0.2, 0.25) is 0 Å². The third-order valence-corrected chi connectivity index (χ3v) is 4.65. The van der Waals surface area contributed by atoms with Crippen LogP contribution < -0.4 is 10.6 Å². The molecule has 7 nitrogen and oxygen atoms in total. The summed E-state index contributed by atoms with van der Waals surface area (Å²) in [5, 5.41) is 5.92. The van der Waals surface area contributed by atoms with Gasteiger partial charge in [0.2, 0.25) is 0 Å². The number of urea groups is 1. The van der Waals surface area contributed by atoms with E-state index in [4.69, 9.17) is 4.74 Å². The van der Waals surface area contributed by atoms with E-state index in [9.17, 15) is 14.4 Å². The number of rotatable bonds is 5. The molecule has 1 fully saturated rings. The van der Waals surface area contributed by atoms with E-state index < -0.39 is 24.0 Å². The number of imide groups is 1. The number of fused-ring (bicyclic) bond motifs is 1. The Morgan fingerprint density at radius 2 is 1.93 bits per heavy atom. The summed E-state index contributed by atoms with van der Waals surface area (Å²) in [5.74, 6) is -1.34. The van der Waals surface area contributed by atoms with Gasteiger partial charge in [-0.3, -0.25) is 15.1 Å². The van der Waals surface area contributed by atoms with Gasteiger partial charge < -0.3 is 10.1 Å². The molecular formula is C21H23N3O4. The van der Waals surface area contributed by atoms with E-state index in [1.807, 2.05) is 30.3 Å². The third-order valence-electron chi connectivity index (χ3n) is 4.65. The number of hydrogen-bond acceptors (Lipinski definition) is 5. The van der Waals surface area contributed by atoms with Gasteiger partial charge in [-0.25, -0.2) is 9.59 Å². The normalized spacial score (nSPS) is 15.5. The first-order chi connectivity index (χ1) is 13.5. The lowest BCUT2D eigenvalue weighted by molar-refractivity contribution is -0.149. The molecule has 3 rings (SSSR count). The summed E-state index contributed by atoms with van der Waals surface area (Å²) in [6.07, 6.45) is 7.41. The van der Waals surface area contributed by atoms with Gasteiger partial charge in [-0.2, -0.15) is 0 Å². The molecule has 0 spiro atoms. The highest BCUT2D eigenvalue weighted by Crippen LogP contribution is 2.18. The molecule has 7 heteroatoms. The molecule has 0 aliphatic heterocycles. The number of esters is 1. The predicted octanol–water partition coefficient (Wildman–Crippen LogP) is 2.95. The first-order valence-electron chi connectivity index (χ1n) is 9.37. The van der Waals surface area contributed by atoms with E-state index in [-0.39, 0.29) is 6.04 Å². The first kappa shape index (κ1) is 19.5. The van der Waals surface area contributed by atoms with Gasteiger partial charge in [0.1, 0.15) is 0 Å². The number of carbonyl (C=O) groups is 3. The summed E-state index contributed by atoms with van der Waals surface area (Å²) < 4.78 is 5.08. The van der Waals surface area contributed by atoms with Crippen LogP contribution in [0.3, 0.4) is 0 Å². The summed E-state index contributed by atoms with van der Waals surface area (Å²) in [6.45, 7) is 1.42. The fourth-order valence-electron chi connectivity index (χ4n) is 3.19. The summed E-state index contributed by atoms with van der Waals surface area (Å²) in [5.41, 5.74) is 1.53. The fraction of sp³-hybridized carbons (Fsp3) is 0.333. The maximum atomic E-state index is 12.0. The minimum atomic E-state index is -1.09. The molecule has 1 aliphatic carbocycles. The third kappa shape index (κ3) is 5.16. The predicted molar refractivity (Wildman–Crippen MR) is 105 cm³/mol. The van der Waals surface area contributed by atoms with Gasteiger partial charge in [0.15, 0.2) is 6.10 Å². The Bertz CT molecular complexity index is 898. The van der Waals surface area contributed by atoms with Crippen LogP contribution in [0, 0.1) is 0 Å². The van der Waals surface area contributed by atoms with E-state index in [1.165, 1.54) is 13.0 Å². The van der Waals surface area contributed by atoms with Crippen molar-refractivity contribution in [2.24, 2.45) is 0 Å². The lowest BCUT2D eigenvalue weighted by Crippen LogP contribution is -2.47. The number of hydrogen-bond donors (Lipinski definition) is 2. The van der Waals surface area contributed by atoms with Crippen LogP contribution in [0.4, 0.5) is 4.79 Å². The first-order valence-corrected chi connectivity index (χ1v) is 9.37. The van der Waals surface area contributed by atoms with Crippen LogP contribution in [-0.2, 0) is 14.3 Å². The van der Waals surface area contributed by atoms with Gasteiger partial charge in [0.25, 0.3) is 5.91 Å². The van der Waals surface area contributed by atoms with Crippen LogP contribution in [0.5, 0.6) is 0 Å². The van der Waals surface area contributed by atoms with Gasteiger partial charge in [0, 0.05) is 29.3 Å². The molecule has 1 heterocycles. The number of amides is 3. The second-order valence-corrected chi connectivity index (χ2v) is 6.78. The number of aromatic nitrogens is 1. The molecule has 1 unspecified atom stereocenters. The van der Waals surface area contributed by atoms with E-state index >= 15 is 0 Å². The number of benzene rings is 1. The Hall–Kier alpha value is -3.22. The number of carbonyl (C=O) groups excluding carboxylic acids is 3. The highest BCUT2D eigenvalue weighted by atomic mass is 16.5. The van der Waals surface area contributed by atoms with E-state index in [0.29, 0.717) is 0 Å². The molecule has 2 N–H and O–H groups in total. The number of nitrogens with one attached hydrogen (secondary N) is 2. The van der Waals surface area contributed by atoms with Gasteiger partial charge in [-0.05, 0) is 31.9 Å². The average molecular weight is 381 g/mol. The van der Waals surface area contributed by atoms with Crippen molar-refractivity contribution in [3.05, 3.63) is 48.2 Å². The highest BCUT2D eigenvalue weighted by Gasteiger charge is 2.22.